The molecule has 0 spiro atoms. The first-order valence-electron chi connectivity index (χ1n) is 13.3. The molecule has 3 aromatic rings. The molecule has 0 saturated carbocycles. The van der Waals surface area contributed by atoms with Crippen LogP contribution < -0.4 is 9.62 Å². The third kappa shape index (κ3) is 7.95. The fourth-order valence-electron chi connectivity index (χ4n) is 4.30. The molecule has 0 fully saturated rings. The summed E-state index contributed by atoms with van der Waals surface area (Å²) >= 11 is 18.9. The topological polar surface area (TPSA) is 86.8 Å². The van der Waals surface area contributed by atoms with Crippen LogP contribution in [0, 0.1) is 6.92 Å². The molecule has 0 aromatic heterocycles. The SMILES string of the molecule is CC[C@H](C)NC(=O)[C@H](CC)N(Cc1c(Cl)cccc1Cl)C(=O)CN(c1ccccc1C)S(=O)(=O)c1ccc(Cl)cc1. The number of nitrogens with one attached hydrogen (secondary N) is 1. The second kappa shape index (κ2) is 14.4. The number of amides is 2. The lowest BCUT2D eigenvalue weighted by molar-refractivity contribution is -0.140. The van der Waals surface area contributed by atoms with Crippen molar-refractivity contribution in [2.24, 2.45) is 0 Å². The van der Waals surface area contributed by atoms with Gasteiger partial charge in [0.1, 0.15) is 12.6 Å². The van der Waals surface area contributed by atoms with E-state index in [1.807, 2.05) is 13.8 Å². The highest BCUT2D eigenvalue weighted by atomic mass is 35.5. The maximum atomic E-state index is 14.2. The molecule has 41 heavy (non-hydrogen) atoms. The van der Waals surface area contributed by atoms with Gasteiger partial charge in [-0.05, 0) is 74.7 Å². The van der Waals surface area contributed by atoms with Gasteiger partial charge in [-0.2, -0.15) is 0 Å². The van der Waals surface area contributed by atoms with Crippen molar-refractivity contribution in [3.63, 3.8) is 0 Å². The van der Waals surface area contributed by atoms with Gasteiger partial charge in [0.25, 0.3) is 10.0 Å². The summed E-state index contributed by atoms with van der Waals surface area (Å²) in [5, 5.41) is 3.98. The van der Waals surface area contributed by atoms with Crippen LogP contribution in [0.15, 0.2) is 71.6 Å². The van der Waals surface area contributed by atoms with E-state index in [0.717, 1.165) is 4.31 Å². The predicted octanol–water partition coefficient (Wildman–Crippen LogP) is 6.87. The molecule has 3 rings (SSSR count). The Morgan fingerprint density at radius 2 is 1.49 bits per heavy atom. The third-order valence-corrected chi connectivity index (χ3v) is 9.58. The molecule has 2 atom stereocenters. The van der Waals surface area contributed by atoms with Crippen LogP contribution in [0.25, 0.3) is 0 Å². The van der Waals surface area contributed by atoms with Crippen molar-refractivity contribution in [1.82, 2.24) is 10.2 Å². The number of carbonyl (C=O) groups is 2. The van der Waals surface area contributed by atoms with Gasteiger partial charge in [0, 0.05) is 33.2 Å². The molecule has 7 nitrogen and oxygen atoms in total. The van der Waals surface area contributed by atoms with Crippen molar-refractivity contribution < 1.29 is 18.0 Å². The van der Waals surface area contributed by atoms with Gasteiger partial charge in [-0.25, -0.2) is 8.42 Å². The number of aryl methyl sites for hydroxylation is 1. The van der Waals surface area contributed by atoms with Crippen LogP contribution in [0.4, 0.5) is 5.69 Å². The maximum Gasteiger partial charge on any atom is 0.264 e. The number of rotatable bonds is 12. The molecule has 220 valence electrons. The molecule has 0 saturated heterocycles. The average Bonchev–Trinajstić information content (AvgIpc) is 2.93. The molecule has 0 bridgehead atoms. The van der Waals surface area contributed by atoms with Crippen LogP contribution in [-0.4, -0.2) is 43.8 Å². The van der Waals surface area contributed by atoms with Crippen LogP contribution in [0.5, 0.6) is 0 Å². The molecule has 0 radical (unpaired) electrons. The Balaban J connectivity index is 2.11. The molecule has 0 heterocycles. The first-order valence-corrected chi connectivity index (χ1v) is 15.8. The fraction of sp³-hybridized carbons (Fsp3) is 0.333. The summed E-state index contributed by atoms with van der Waals surface area (Å²) in [7, 11) is -4.21. The van der Waals surface area contributed by atoms with Crippen molar-refractivity contribution in [2.75, 3.05) is 10.8 Å². The molecular weight excluding hydrogens is 605 g/mol. The zero-order valence-corrected chi connectivity index (χ0v) is 26.5. The first-order chi connectivity index (χ1) is 19.4. The van der Waals surface area contributed by atoms with E-state index in [9.17, 15) is 18.0 Å². The van der Waals surface area contributed by atoms with Crippen molar-refractivity contribution in [3.05, 3.63) is 92.9 Å². The highest BCUT2D eigenvalue weighted by Crippen LogP contribution is 2.30. The molecule has 0 unspecified atom stereocenters. The van der Waals surface area contributed by atoms with Gasteiger partial charge in [-0.1, -0.05) is 72.9 Å². The van der Waals surface area contributed by atoms with Gasteiger partial charge < -0.3 is 10.2 Å². The second-order valence-electron chi connectivity index (χ2n) is 9.72. The van der Waals surface area contributed by atoms with Gasteiger partial charge in [0.15, 0.2) is 0 Å². The van der Waals surface area contributed by atoms with Crippen LogP contribution >= 0.6 is 34.8 Å². The summed E-state index contributed by atoms with van der Waals surface area (Å²) in [5.74, 6) is -0.936. The first kappa shape index (κ1) is 32.7. The van der Waals surface area contributed by atoms with Gasteiger partial charge in [-0.15, -0.1) is 0 Å². The molecule has 0 aliphatic rings. The quantitative estimate of drug-likeness (QED) is 0.235. The Morgan fingerprint density at radius 3 is 2.05 bits per heavy atom. The average molecular weight is 639 g/mol. The van der Waals surface area contributed by atoms with E-state index in [-0.39, 0.29) is 29.8 Å². The molecule has 0 aliphatic carbocycles. The Labute approximate surface area is 257 Å². The Bertz CT molecular complexity index is 1460. The number of carbonyl (C=O) groups excluding carboxylic acids is 2. The lowest BCUT2D eigenvalue weighted by Crippen LogP contribution is -2.53. The molecule has 1 N–H and O–H groups in total. The lowest BCUT2D eigenvalue weighted by atomic mass is 10.1. The van der Waals surface area contributed by atoms with E-state index in [2.05, 4.69) is 5.32 Å². The highest BCUT2D eigenvalue weighted by Gasteiger charge is 2.35. The molecule has 0 aliphatic heterocycles. The number of sulfonamides is 1. The van der Waals surface area contributed by atoms with Crippen molar-refractivity contribution >= 4 is 62.3 Å². The normalized spacial score (nSPS) is 12.9. The monoisotopic (exact) mass is 637 g/mol. The van der Waals surface area contributed by atoms with E-state index in [4.69, 9.17) is 34.8 Å². The zero-order valence-electron chi connectivity index (χ0n) is 23.4. The summed E-state index contributed by atoms with van der Waals surface area (Å²) in [6.45, 7) is 6.72. The lowest BCUT2D eigenvalue weighted by Gasteiger charge is -2.34. The summed E-state index contributed by atoms with van der Waals surface area (Å²) in [4.78, 5) is 28.9. The summed E-state index contributed by atoms with van der Waals surface area (Å²) in [6.07, 6.45) is 0.983. The number of anilines is 1. The largest absolute Gasteiger partial charge is 0.352 e. The number of hydrogen-bond acceptors (Lipinski definition) is 4. The smallest absolute Gasteiger partial charge is 0.264 e. The zero-order chi connectivity index (χ0) is 30.3. The van der Waals surface area contributed by atoms with Crippen molar-refractivity contribution in [2.45, 2.75) is 64.1 Å². The minimum atomic E-state index is -4.21. The number of hydrogen-bond donors (Lipinski definition) is 1. The van der Waals surface area contributed by atoms with E-state index < -0.39 is 28.5 Å². The number of benzene rings is 3. The third-order valence-electron chi connectivity index (χ3n) is 6.84. The minimum absolute atomic E-state index is 0.0276. The second-order valence-corrected chi connectivity index (χ2v) is 12.8. The molecule has 2 amide bonds. The van der Waals surface area contributed by atoms with Crippen LogP contribution in [0.3, 0.4) is 0 Å². The highest BCUT2D eigenvalue weighted by molar-refractivity contribution is 7.92. The maximum absolute atomic E-state index is 14.2. The minimum Gasteiger partial charge on any atom is -0.352 e. The molecule has 3 aromatic carbocycles. The Hall–Kier alpha value is -2.78. The van der Waals surface area contributed by atoms with E-state index in [1.165, 1.54) is 29.2 Å². The van der Waals surface area contributed by atoms with Crippen LogP contribution in [0.1, 0.15) is 44.7 Å². The summed E-state index contributed by atoms with van der Waals surface area (Å²) < 4.78 is 29.0. The van der Waals surface area contributed by atoms with Gasteiger partial charge in [0.2, 0.25) is 11.8 Å². The molecule has 11 heteroatoms. The van der Waals surface area contributed by atoms with Crippen LogP contribution in [0.2, 0.25) is 15.1 Å². The summed E-state index contributed by atoms with van der Waals surface area (Å²) in [6, 6.07) is 16.6. The van der Waals surface area contributed by atoms with Gasteiger partial charge in [0.05, 0.1) is 10.6 Å². The van der Waals surface area contributed by atoms with Gasteiger partial charge >= 0.3 is 0 Å². The van der Waals surface area contributed by atoms with E-state index >= 15 is 0 Å². The van der Waals surface area contributed by atoms with E-state index in [1.54, 1.807) is 56.3 Å². The standard InChI is InChI=1S/C30H34Cl3N3O4S/c1-5-21(4)34-30(38)27(6-2)35(18-24-25(32)11-9-12-26(24)33)29(37)19-36(28-13-8-7-10-20(28)3)41(39,40)23-16-14-22(31)15-17-23/h7-17,21,27H,5-6,18-19H2,1-4H3,(H,34,38)/t21-,27-/m0/s1. The van der Waals surface area contributed by atoms with Crippen molar-refractivity contribution in [3.8, 4) is 0 Å². The van der Waals surface area contributed by atoms with Gasteiger partial charge in [-0.3, -0.25) is 13.9 Å². The van der Waals surface area contributed by atoms with E-state index in [0.29, 0.717) is 38.3 Å². The predicted molar refractivity (Wildman–Crippen MR) is 166 cm³/mol. The Kier molecular flexibility index (Phi) is 11.5. The summed E-state index contributed by atoms with van der Waals surface area (Å²) in [5.41, 5.74) is 1.45. The Morgan fingerprint density at radius 1 is 0.878 bits per heavy atom. The van der Waals surface area contributed by atoms with Crippen LogP contribution in [-0.2, 0) is 26.2 Å². The van der Waals surface area contributed by atoms with Crippen molar-refractivity contribution in [1.29, 1.82) is 0 Å². The number of halogens is 3. The number of para-hydroxylation sites is 1. The number of nitrogens with zero attached hydrogens (tertiary/aromatic N) is 2. The molecular formula is C30H34Cl3N3O4S. The fourth-order valence-corrected chi connectivity index (χ4v) is 6.43.